The molecular weight excluding hydrogens is 192 g/mol. The molecule has 0 saturated heterocycles. The Kier molecular flexibility index (Phi) is 2.00. The van der Waals surface area contributed by atoms with Gasteiger partial charge in [-0.25, -0.2) is 4.79 Å². The lowest BCUT2D eigenvalue weighted by Gasteiger charge is -2.06. The normalized spacial score (nSPS) is 13.8. The zero-order chi connectivity index (χ0) is 12.3. The van der Waals surface area contributed by atoms with Gasteiger partial charge in [0, 0.05) is 5.02 Å². The first kappa shape index (κ1) is 6.27. The number of rotatable bonds is 2. The molecule has 0 amide bonds. The van der Waals surface area contributed by atoms with E-state index in [0.717, 1.165) is 0 Å². The largest absolute Gasteiger partial charge is 0.496 e. The molecule has 4 heteroatoms. The highest BCUT2D eigenvalue weighted by molar-refractivity contribution is 6.31. The van der Waals surface area contributed by atoms with Crippen LogP contribution in [0.2, 0.25) is 5.02 Å². The summed E-state index contributed by atoms with van der Waals surface area (Å²) in [6.45, 7) is 0. The Morgan fingerprint density at radius 2 is 2.38 bits per heavy atom. The molecule has 0 fully saturated rings. The molecule has 0 aromatic heterocycles. The van der Waals surface area contributed by atoms with Crippen LogP contribution in [0, 0.1) is 0 Å². The van der Waals surface area contributed by atoms with Crippen molar-refractivity contribution >= 4 is 17.6 Å². The SMILES string of the molecule is [2H]C([2H])([2H])Oc1ccc(Cl)cc1C(=O)OC. The van der Waals surface area contributed by atoms with E-state index in [4.69, 9.17) is 15.7 Å². The number of carbonyl (C=O) groups is 1. The van der Waals surface area contributed by atoms with Crippen LogP contribution in [0.4, 0.5) is 0 Å². The van der Waals surface area contributed by atoms with Crippen LogP contribution in [0.15, 0.2) is 18.2 Å². The minimum Gasteiger partial charge on any atom is -0.496 e. The van der Waals surface area contributed by atoms with E-state index in [1.807, 2.05) is 0 Å². The molecular formula is C9H9ClO3. The Morgan fingerprint density at radius 3 is 3.00 bits per heavy atom. The smallest absolute Gasteiger partial charge is 0.341 e. The number of halogens is 1. The zero-order valence-corrected chi connectivity index (χ0v) is 7.59. The summed E-state index contributed by atoms with van der Waals surface area (Å²) in [6.07, 6.45) is 0. The lowest BCUT2D eigenvalue weighted by molar-refractivity contribution is 0.0597. The summed E-state index contributed by atoms with van der Waals surface area (Å²) >= 11 is 5.69. The maximum Gasteiger partial charge on any atom is 0.341 e. The summed E-state index contributed by atoms with van der Waals surface area (Å²) in [7, 11) is -1.45. The van der Waals surface area contributed by atoms with E-state index in [-0.39, 0.29) is 11.3 Å². The van der Waals surface area contributed by atoms with Gasteiger partial charge in [0.05, 0.1) is 18.3 Å². The molecule has 1 aromatic carbocycles. The molecule has 0 radical (unpaired) electrons. The molecule has 0 bridgehead atoms. The summed E-state index contributed by atoms with van der Waals surface area (Å²) in [5, 5.41) is 0.290. The first-order chi connectivity index (χ1) is 7.33. The standard InChI is InChI=1S/C9H9ClO3/c1-12-8-4-3-6(10)5-7(8)9(11)13-2/h3-5H,1-2H3/i1D3. The summed E-state index contributed by atoms with van der Waals surface area (Å²) in [5.41, 5.74) is -0.0221. The van der Waals surface area contributed by atoms with Crippen LogP contribution in [0.5, 0.6) is 5.75 Å². The molecule has 0 saturated carbocycles. The van der Waals surface area contributed by atoms with E-state index >= 15 is 0 Å². The predicted molar refractivity (Wildman–Crippen MR) is 49.3 cm³/mol. The van der Waals surface area contributed by atoms with Crippen molar-refractivity contribution in [3.8, 4) is 5.75 Å². The van der Waals surface area contributed by atoms with E-state index < -0.39 is 13.0 Å². The second kappa shape index (κ2) is 4.14. The van der Waals surface area contributed by atoms with Crippen molar-refractivity contribution in [2.24, 2.45) is 0 Å². The fourth-order valence-electron chi connectivity index (χ4n) is 0.861. The van der Waals surface area contributed by atoms with Gasteiger partial charge in [-0.3, -0.25) is 0 Å². The molecule has 0 N–H and O–H groups in total. The van der Waals surface area contributed by atoms with Crippen LogP contribution >= 0.6 is 11.6 Å². The number of carbonyl (C=O) groups excluding carboxylic acids is 1. The van der Waals surface area contributed by atoms with Gasteiger partial charge in [-0.1, -0.05) is 11.6 Å². The fourth-order valence-corrected chi connectivity index (χ4v) is 1.03. The first-order valence-electron chi connectivity index (χ1n) is 4.90. The third-order valence-electron chi connectivity index (χ3n) is 1.46. The molecule has 13 heavy (non-hydrogen) atoms. The van der Waals surface area contributed by atoms with Crippen LogP contribution in [-0.4, -0.2) is 20.1 Å². The molecule has 0 aliphatic carbocycles. The quantitative estimate of drug-likeness (QED) is 0.691. The van der Waals surface area contributed by atoms with Crippen molar-refractivity contribution in [2.75, 3.05) is 14.1 Å². The van der Waals surface area contributed by atoms with Gasteiger partial charge in [-0.2, -0.15) is 0 Å². The van der Waals surface area contributed by atoms with Gasteiger partial charge in [0.2, 0.25) is 0 Å². The van der Waals surface area contributed by atoms with Crippen molar-refractivity contribution in [1.29, 1.82) is 0 Å². The summed E-state index contributed by atoms with van der Waals surface area (Å²) in [6, 6.07) is 4.02. The van der Waals surface area contributed by atoms with Crippen LogP contribution in [-0.2, 0) is 4.74 Å². The second-order valence-corrected chi connectivity index (χ2v) is 2.67. The van der Waals surface area contributed by atoms with Gasteiger partial charge < -0.3 is 9.47 Å². The highest BCUT2D eigenvalue weighted by Gasteiger charge is 2.12. The Morgan fingerprint density at radius 1 is 1.62 bits per heavy atom. The predicted octanol–water partition coefficient (Wildman–Crippen LogP) is 2.14. The lowest BCUT2D eigenvalue weighted by atomic mass is 10.2. The minimum atomic E-state index is -2.63. The van der Waals surface area contributed by atoms with Crippen molar-refractivity contribution in [3.63, 3.8) is 0 Å². The van der Waals surface area contributed by atoms with Gasteiger partial charge >= 0.3 is 5.97 Å². The van der Waals surface area contributed by atoms with Crippen molar-refractivity contribution in [3.05, 3.63) is 28.8 Å². The van der Waals surface area contributed by atoms with Crippen molar-refractivity contribution < 1.29 is 18.4 Å². The van der Waals surface area contributed by atoms with E-state index in [2.05, 4.69) is 9.47 Å². The number of hydrogen-bond acceptors (Lipinski definition) is 3. The minimum absolute atomic E-state index is 0.0221. The third kappa shape index (κ3) is 2.12. The monoisotopic (exact) mass is 203 g/mol. The zero-order valence-electron chi connectivity index (χ0n) is 9.83. The van der Waals surface area contributed by atoms with E-state index in [9.17, 15) is 4.79 Å². The Bertz CT molecular complexity index is 403. The molecule has 1 rings (SSSR count). The number of benzene rings is 1. The number of ether oxygens (including phenoxy) is 2. The van der Waals surface area contributed by atoms with Gasteiger partial charge in [0.1, 0.15) is 11.3 Å². The molecule has 0 aliphatic heterocycles. The average Bonchev–Trinajstić information content (AvgIpc) is 2.17. The average molecular weight is 204 g/mol. The molecule has 0 atom stereocenters. The molecule has 0 unspecified atom stereocenters. The Hall–Kier alpha value is -1.22. The van der Waals surface area contributed by atoms with E-state index in [1.54, 1.807) is 0 Å². The van der Waals surface area contributed by atoms with Gasteiger partial charge in [-0.15, -0.1) is 0 Å². The summed E-state index contributed by atoms with van der Waals surface area (Å²) in [5.74, 6) is -0.794. The van der Waals surface area contributed by atoms with Gasteiger partial charge in [-0.05, 0) is 18.2 Å². The molecule has 70 valence electrons. The summed E-state index contributed by atoms with van der Waals surface area (Å²) < 4.78 is 30.0. The second-order valence-electron chi connectivity index (χ2n) is 2.23. The molecule has 0 aliphatic rings. The maximum absolute atomic E-state index is 11.3. The van der Waals surface area contributed by atoms with Crippen LogP contribution in [0.1, 0.15) is 14.5 Å². The number of methoxy groups -OCH3 is 2. The Labute approximate surface area is 85.4 Å². The van der Waals surface area contributed by atoms with Gasteiger partial charge in [0.25, 0.3) is 0 Å². The molecule has 0 spiro atoms. The van der Waals surface area contributed by atoms with Crippen LogP contribution in [0.3, 0.4) is 0 Å². The van der Waals surface area contributed by atoms with Crippen molar-refractivity contribution in [2.45, 2.75) is 0 Å². The highest BCUT2D eigenvalue weighted by Crippen LogP contribution is 2.22. The highest BCUT2D eigenvalue weighted by atomic mass is 35.5. The third-order valence-corrected chi connectivity index (χ3v) is 1.69. The fraction of sp³-hybridized carbons (Fsp3) is 0.222. The summed E-state index contributed by atoms with van der Waals surface area (Å²) in [4.78, 5) is 11.3. The molecule has 0 heterocycles. The maximum atomic E-state index is 11.3. The topological polar surface area (TPSA) is 35.5 Å². The van der Waals surface area contributed by atoms with E-state index in [1.165, 1.54) is 25.3 Å². The first-order valence-corrected chi connectivity index (χ1v) is 3.78. The van der Waals surface area contributed by atoms with Crippen LogP contribution < -0.4 is 4.74 Å². The molecule has 1 aromatic rings. The van der Waals surface area contributed by atoms with Crippen molar-refractivity contribution in [1.82, 2.24) is 0 Å². The lowest BCUT2D eigenvalue weighted by Crippen LogP contribution is -2.03. The number of esters is 1. The van der Waals surface area contributed by atoms with Crippen LogP contribution in [0.25, 0.3) is 0 Å². The Balaban J connectivity index is 3.13. The molecule has 3 nitrogen and oxygen atoms in total. The number of hydrogen-bond donors (Lipinski definition) is 0. The van der Waals surface area contributed by atoms with E-state index in [0.29, 0.717) is 5.02 Å². The van der Waals surface area contributed by atoms with Gasteiger partial charge in [0.15, 0.2) is 0 Å².